The fourth-order valence-electron chi connectivity index (χ4n) is 1.03. The summed E-state index contributed by atoms with van der Waals surface area (Å²) in [4.78, 5) is 0. The molecule has 0 atom stereocenters. The Morgan fingerprint density at radius 1 is 1.09 bits per heavy atom. The molecule has 1 N–H and O–H groups in total. The highest BCUT2D eigenvalue weighted by atomic mass is 14.8. The average molecular weight is 154 g/mol. The summed E-state index contributed by atoms with van der Waals surface area (Å²) in [6.07, 6.45) is 9.71. The lowest BCUT2D eigenvalue weighted by Gasteiger charge is -1.98. The van der Waals surface area contributed by atoms with Crippen LogP contribution in [0.1, 0.15) is 38.5 Å². The van der Waals surface area contributed by atoms with Crippen LogP contribution in [0, 0.1) is 6.54 Å². The molecule has 0 amide bonds. The molecule has 1 heteroatoms. The van der Waals surface area contributed by atoms with Crippen LogP contribution in [-0.2, 0) is 0 Å². The number of hydrogen-bond acceptors (Lipinski definition) is 1. The highest BCUT2D eigenvalue weighted by molar-refractivity contribution is 4.65. The van der Waals surface area contributed by atoms with Gasteiger partial charge in [0.25, 0.3) is 0 Å². The second-order valence-corrected chi connectivity index (χ2v) is 2.77. The van der Waals surface area contributed by atoms with E-state index in [2.05, 4.69) is 18.4 Å². The Kier molecular flexibility index (Phi) is 9.44. The minimum Gasteiger partial charge on any atom is -0.315 e. The van der Waals surface area contributed by atoms with Crippen molar-refractivity contribution in [1.29, 1.82) is 0 Å². The molecule has 0 rings (SSSR count). The zero-order valence-corrected chi connectivity index (χ0v) is 7.60. The van der Waals surface area contributed by atoms with Gasteiger partial charge in [-0.3, -0.25) is 0 Å². The Hall–Kier alpha value is -0.300. The van der Waals surface area contributed by atoms with Crippen LogP contribution in [0.5, 0.6) is 0 Å². The molecule has 0 bridgehead atoms. The van der Waals surface area contributed by atoms with Crippen LogP contribution in [0.25, 0.3) is 0 Å². The fourth-order valence-corrected chi connectivity index (χ4v) is 1.03. The van der Waals surface area contributed by atoms with E-state index in [1.807, 2.05) is 13.1 Å². The predicted molar refractivity (Wildman–Crippen MR) is 51.3 cm³/mol. The minimum absolute atomic E-state index is 1.18. The second-order valence-electron chi connectivity index (χ2n) is 2.77. The topological polar surface area (TPSA) is 12.0 Å². The van der Waals surface area contributed by atoms with Gasteiger partial charge < -0.3 is 5.32 Å². The first kappa shape index (κ1) is 10.7. The molecule has 0 unspecified atom stereocenters. The molecule has 11 heavy (non-hydrogen) atoms. The third kappa shape index (κ3) is 9.70. The molecule has 0 aromatic rings. The van der Waals surface area contributed by atoms with Crippen molar-refractivity contribution in [2.24, 2.45) is 0 Å². The highest BCUT2D eigenvalue weighted by Gasteiger charge is 1.88. The summed E-state index contributed by atoms with van der Waals surface area (Å²) in [6.45, 7) is 5.81. The number of allylic oxidation sites excluding steroid dienone is 1. The monoisotopic (exact) mass is 154 g/mol. The van der Waals surface area contributed by atoms with E-state index in [1.54, 1.807) is 0 Å². The standard InChI is InChI=1S/C10H20N/c1-3-4-5-6-7-8-9-10-11-2/h3,10-11H,1,4-9H2,2H3. The molecule has 0 saturated heterocycles. The van der Waals surface area contributed by atoms with Crippen LogP contribution in [0.4, 0.5) is 0 Å². The van der Waals surface area contributed by atoms with Crippen molar-refractivity contribution in [2.75, 3.05) is 7.05 Å². The first-order valence-corrected chi connectivity index (χ1v) is 4.51. The largest absolute Gasteiger partial charge is 0.315 e. The van der Waals surface area contributed by atoms with Crippen molar-refractivity contribution in [3.05, 3.63) is 19.2 Å². The lowest BCUT2D eigenvalue weighted by atomic mass is 10.1. The number of nitrogens with one attached hydrogen (secondary N) is 1. The Morgan fingerprint density at radius 2 is 1.73 bits per heavy atom. The normalized spacial score (nSPS) is 9.91. The van der Waals surface area contributed by atoms with E-state index in [0.29, 0.717) is 0 Å². The van der Waals surface area contributed by atoms with Crippen molar-refractivity contribution in [3.8, 4) is 0 Å². The molecule has 65 valence electrons. The van der Waals surface area contributed by atoms with E-state index in [-0.39, 0.29) is 0 Å². The summed E-state index contributed by atoms with van der Waals surface area (Å²) < 4.78 is 0. The predicted octanol–water partition coefficient (Wildman–Crippen LogP) is 2.89. The van der Waals surface area contributed by atoms with Crippen molar-refractivity contribution in [1.82, 2.24) is 5.32 Å². The van der Waals surface area contributed by atoms with Gasteiger partial charge >= 0.3 is 0 Å². The van der Waals surface area contributed by atoms with Crippen LogP contribution in [0.2, 0.25) is 0 Å². The maximum atomic E-state index is 3.69. The van der Waals surface area contributed by atoms with E-state index >= 15 is 0 Å². The van der Waals surface area contributed by atoms with Gasteiger partial charge in [-0.05, 0) is 26.3 Å². The van der Waals surface area contributed by atoms with Crippen LogP contribution >= 0.6 is 0 Å². The average Bonchev–Trinajstić information content (AvgIpc) is 2.03. The Balaban J connectivity index is 2.74. The van der Waals surface area contributed by atoms with E-state index in [4.69, 9.17) is 0 Å². The third-order valence-electron chi connectivity index (χ3n) is 1.71. The van der Waals surface area contributed by atoms with Crippen LogP contribution in [0.15, 0.2) is 12.7 Å². The second kappa shape index (κ2) is 9.70. The first-order valence-electron chi connectivity index (χ1n) is 4.51. The van der Waals surface area contributed by atoms with Gasteiger partial charge in [-0.2, -0.15) is 0 Å². The summed E-state index contributed by atoms with van der Waals surface area (Å²) in [7, 11) is 1.96. The number of rotatable bonds is 8. The van der Waals surface area contributed by atoms with Gasteiger partial charge in [0.1, 0.15) is 0 Å². The van der Waals surface area contributed by atoms with Gasteiger partial charge in [0.2, 0.25) is 0 Å². The molecule has 0 aliphatic carbocycles. The van der Waals surface area contributed by atoms with Crippen LogP contribution in [0.3, 0.4) is 0 Å². The molecule has 0 fully saturated rings. The molecule has 0 aliphatic rings. The maximum Gasteiger partial charge on any atom is 0.0218 e. The molecular weight excluding hydrogens is 134 g/mol. The summed E-state index contributed by atoms with van der Waals surface area (Å²) in [5.74, 6) is 0. The first-order chi connectivity index (χ1) is 5.41. The quantitative estimate of drug-likeness (QED) is 0.419. The van der Waals surface area contributed by atoms with Crippen LogP contribution in [-0.4, -0.2) is 7.05 Å². The summed E-state index contributed by atoms with van der Waals surface area (Å²) in [5, 5.41) is 3.03. The molecule has 0 spiro atoms. The smallest absolute Gasteiger partial charge is 0.0218 e. The maximum absolute atomic E-state index is 3.69. The van der Waals surface area contributed by atoms with E-state index < -0.39 is 0 Å². The molecule has 0 aromatic heterocycles. The van der Waals surface area contributed by atoms with E-state index in [1.165, 1.54) is 38.5 Å². The Labute approximate surface area is 70.9 Å². The molecule has 0 heterocycles. The number of hydrogen-bond donors (Lipinski definition) is 1. The fraction of sp³-hybridized carbons (Fsp3) is 0.700. The van der Waals surface area contributed by atoms with Crippen molar-refractivity contribution in [2.45, 2.75) is 38.5 Å². The summed E-state index contributed by atoms with van der Waals surface area (Å²) >= 11 is 0. The Bertz CT molecular complexity index is 78.9. The highest BCUT2D eigenvalue weighted by Crippen LogP contribution is 2.05. The molecular formula is C10H20N. The zero-order valence-electron chi connectivity index (χ0n) is 7.60. The van der Waals surface area contributed by atoms with Crippen LogP contribution < -0.4 is 5.32 Å². The Morgan fingerprint density at radius 3 is 2.27 bits per heavy atom. The SMILES string of the molecule is C=CCCCCCC[CH]NC. The lowest BCUT2D eigenvalue weighted by Crippen LogP contribution is -1.99. The van der Waals surface area contributed by atoms with E-state index in [0.717, 1.165) is 0 Å². The number of unbranched alkanes of at least 4 members (excludes halogenated alkanes) is 5. The third-order valence-corrected chi connectivity index (χ3v) is 1.71. The summed E-state index contributed by atoms with van der Waals surface area (Å²) in [5.41, 5.74) is 0. The zero-order chi connectivity index (χ0) is 8.36. The molecule has 0 saturated carbocycles. The summed E-state index contributed by atoms with van der Waals surface area (Å²) in [6, 6.07) is 0. The van der Waals surface area contributed by atoms with Gasteiger partial charge in [0, 0.05) is 6.54 Å². The van der Waals surface area contributed by atoms with Crippen molar-refractivity contribution < 1.29 is 0 Å². The minimum atomic E-state index is 1.18. The molecule has 1 radical (unpaired) electrons. The lowest BCUT2D eigenvalue weighted by molar-refractivity contribution is 0.631. The van der Waals surface area contributed by atoms with Crippen molar-refractivity contribution >= 4 is 0 Å². The van der Waals surface area contributed by atoms with E-state index in [9.17, 15) is 0 Å². The molecule has 0 aromatic carbocycles. The van der Waals surface area contributed by atoms with Gasteiger partial charge in [-0.1, -0.05) is 25.3 Å². The van der Waals surface area contributed by atoms with Gasteiger partial charge in [0.05, 0.1) is 0 Å². The van der Waals surface area contributed by atoms with Gasteiger partial charge in [0.15, 0.2) is 0 Å². The molecule has 1 nitrogen and oxygen atoms in total. The van der Waals surface area contributed by atoms with Gasteiger partial charge in [-0.25, -0.2) is 0 Å². The molecule has 0 aliphatic heterocycles. The van der Waals surface area contributed by atoms with Crippen molar-refractivity contribution in [3.63, 3.8) is 0 Å². The van der Waals surface area contributed by atoms with Gasteiger partial charge in [-0.15, -0.1) is 6.58 Å².